The number of hydrogen-bond acceptors (Lipinski definition) is 8. The highest BCUT2D eigenvalue weighted by Gasteiger charge is 2.37. The molecule has 0 bridgehead atoms. The second-order valence-electron chi connectivity index (χ2n) is 10.5. The molecule has 2 saturated heterocycles. The van der Waals surface area contributed by atoms with Crippen LogP contribution >= 0.6 is 0 Å². The van der Waals surface area contributed by atoms with E-state index in [9.17, 15) is 22.8 Å². The third-order valence-electron chi connectivity index (χ3n) is 6.00. The SMILES string of the molecule is CCC[C@H](C)Nc1nc(N2CC(OCC(=O)N3CCN(C(=O)OC(C)(C)C)CC3)C2)cc(C(F)(F)F)n1. The zero-order valence-electron chi connectivity index (χ0n) is 22.1. The van der Waals surface area contributed by atoms with Gasteiger partial charge in [0.1, 0.15) is 18.0 Å². The Hall–Kier alpha value is -2.83. The zero-order valence-corrected chi connectivity index (χ0v) is 22.1. The summed E-state index contributed by atoms with van der Waals surface area (Å²) in [6, 6.07) is 0.868. The van der Waals surface area contributed by atoms with Crippen LogP contribution in [0.2, 0.25) is 0 Å². The average molecular weight is 531 g/mol. The van der Waals surface area contributed by atoms with Crippen LogP contribution < -0.4 is 10.2 Å². The van der Waals surface area contributed by atoms with Crippen LogP contribution in [-0.2, 0) is 20.4 Å². The molecule has 1 aromatic rings. The van der Waals surface area contributed by atoms with E-state index >= 15 is 0 Å². The largest absolute Gasteiger partial charge is 0.444 e. The molecule has 10 nitrogen and oxygen atoms in total. The van der Waals surface area contributed by atoms with Gasteiger partial charge in [-0.3, -0.25) is 4.79 Å². The van der Waals surface area contributed by atoms with Gasteiger partial charge < -0.3 is 29.5 Å². The van der Waals surface area contributed by atoms with Crippen LogP contribution in [0.1, 0.15) is 53.2 Å². The van der Waals surface area contributed by atoms with Gasteiger partial charge in [-0.2, -0.15) is 18.2 Å². The third-order valence-corrected chi connectivity index (χ3v) is 6.00. The summed E-state index contributed by atoms with van der Waals surface area (Å²) in [6.45, 7) is 11.3. The number of nitrogens with one attached hydrogen (secondary N) is 1. The molecule has 3 heterocycles. The maximum atomic E-state index is 13.4. The second-order valence-corrected chi connectivity index (χ2v) is 10.5. The molecule has 2 aliphatic rings. The van der Waals surface area contributed by atoms with Crippen molar-refractivity contribution in [2.24, 2.45) is 0 Å². The predicted octanol–water partition coefficient (Wildman–Crippen LogP) is 3.38. The van der Waals surface area contributed by atoms with Crippen molar-refractivity contribution in [3.8, 4) is 0 Å². The summed E-state index contributed by atoms with van der Waals surface area (Å²) in [5, 5.41) is 2.94. The number of anilines is 2. The van der Waals surface area contributed by atoms with Crippen molar-refractivity contribution in [1.82, 2.24) is 19.8 Å². The lowest BCUT2D eigenvalue weighted by Crippen LogP contribution is -2.55. The first-order valence-electron chi connectivity index (χ1n) is 12.6. The number of alkyl halides is 3. The molecule has 2 amide bonds. The van der Waals surface area contributed by atoms with Gasteiger partial charge >= 0.3 is 12.3 Å². The van der Waals surface area contributed by atoms with Crippen molar-refractivity contribution in [2.75, 3.05) is 56.1 Å². The van der Waals surface area contributed by atoms with E-state index in [1.165, 1.54) is 0 Å². The van der Waals surface area contributed by atoms with E-state index in [0.717, 1.165) is 18.9 Å². The molecule has 0 radical (unpaired) electrons. The minimum atomic E-state index is -4.59. The first-order chi connectivity index (χ1) is 17.2. The molecule has 0 aliphatic carbocycles. The molecule has 3 rings (SSSR count). The van der Waals surface area contributed by atoms with E-state index < -0.39 is 23.6 Å². The number of aromatic nitrogens is 2. The highest BCUT2D eigenvalue weighted by molar-refractivity contribution is 5.78. The average Bonchev–Trinajstić information content (AvgIpc) is 2.76. The highest BCUT2D eigenvalue weighted by Crippen LogP contribution is 2.32. The monoisotopic (exact) mass is 530 g/mol. The Morgan fingerprint density at radius 2 is 1.73 bits per heavy atom. The van der Waals surface area contributed by atoms with E-state index in [2.05, 4.69) is 15.3 Å². The van der Waals surface area contributed by atoms with Crippen molar-refractivity contribution < 1.29 is 32.2 Å². The molecule has 1 atom stereocenters. The van der Waals surface area contributed by atoms with Crippen molar-refractivity contribution in [1.29, 1.82) is 0 Å². The normalized spacial score (nSPS) is 17.9. The van der Waals surface area contributed by atoms with Gasteiger partial charge in [0, 0.05) is 51.4 Å². The number of ether oxygens (including phenoxy) is 2. The molecule has 0 saturated carbocycles. The van der Waals surface area contributed by atoms with E-state index in [1.54, 1.807) is 35.5 Å². The smallest absolute Gasteiger partial charge is 0.433 e. The third kappa shape index (κ3) is 8.34. The van der Waals surface area contributed by atoms with Crippen LogP contribution in [0.25, 0.3) is 0 Å². The number of carbonyl (C=O) groups is 2. The minimum Gasteiger partial charge on any atom is -0.444 e. The molecule has 0 unspecified atom stereocenters. The number of carbonyl (C=O) groups excluding carboxylic acids is 2. The van der Waals surface area contributed by atoms with Gasteiger partial charge in [-0.25, -0.2) is 9.78 Å². The van der Waals surface area contributed by atoms with Gasteiger partial charge in [0.05, 0.1) is 6.10 Å². The number of nitrogens with zero attached hydrogens (tertiary/aromatic N) is 5. The molecule has 37 heavy (non-hydrogen) atoms. The minimum absolute atomic E-state index is 0.0594. The number of halogens is 3. The Bertz CT molecular complexity index is 941. The Morgan fingerprint density at radius 3 is 2.30 bits per heavy atom. The highest BCUT2D eigenvalue weighted by atomic mass is 19.4. The summed E-state index contributed by atoms with van der Waals surface area (Å²) in [5.41, 5.74) is -1.59. The zero-order chi connectivity index (χ0) is 27.4. The fourth-order valence-corrected chi connectivity index (χ4v) is 4.01. The summed E-state index contributed by atoms with van der Waals surface area (Å²) in [7, 11) is 0. The lowest BCUT2D eigenvalue weighted by atomic mass is 10.1. The molecular formula is C24H37F3N6O4. The van der Waals surface area contributed by atoms with Crippen molar-refractivity contribution >= 4 is 23.8 Å². The summed E-state index contributed by atoms with van der Waals surface area (Å²) in [4.78, 5) is 37.5. The van der Waals surface area contributed by atoms with Gasteiger partial charge in [-0.15, -0.1) is 0 Å². The van der Waals surface area contributed by atoms with Crippen molar-refractivity contribution in [3.63, 3.8) is 0 Å². The van der Waals surface area contributed by atoms with E-state index in [0.29, 0.717) is 39.3 Å². The Morgan fingerprint density at radius 1 is 1.11 bits per heavy atom. The molecule has 1 N–H and O–H groups in total. The first-order valence-corrected chi connectivity index (χ1v) is 12.6. The summed E-state index contributed by atoms with van der Waals surface area (Å²) in [6.07, 6.45) is -3.64. The maximum Gasteiger partial charge on any atom is 0.433 e. The molecule has 2 fully saturated rings. The van der Waals surface area contributed by atoms with Gasteiger partial charge in [-0.05, 0) is 34.1 Å². The van der Waals surface area contributed by atoms with Crippen LogP contribution in [0.4, 0.5) is 29.7 Å². The van der Waals surface area contributed by atoms with E-state index in [4.69, 9.17) is 9.47 Å². The van der Waals surface area contributed by atoms with Crippen LogP contribution in [0.3, 0.4) is 0 Å². The van der Waals surface area contributed by atoms with Crippen molar-refractivity contribution in [2.45, 2.75) is 71.4 Å². The Kier molecular flexibility index (Phi) is 9.09. The molecule has 2 aliphatic heterocycles. The summed E-state index contributed by atoms with van der Waals surface area (Å²) < 4.78 is 51.2. The number of hydrogen-bond donors (Lipinski definition) is 1. The van der Waals surface area contributed by atoms with Gasteiger partial charge in [0.2, 0.25) is 11.9 Å². The van der Waals surface area contributed by atoms with E-state index in [1.807, 2.05) is 13.8 Å². The Labute approximate surface area is 215 Å². The lowest BCUT2D eigenvalue weighted by Gasteiger charge is -2.40. The lowest BCUT2D eigenvalue weighted by molar-refractivity contribution is -0.141. The van der Waals surface area contributed by atoms with E-state index in [-0.39, 0.29) is 36.4 Å². The molecule has 208 valence electrons. The fraction of sp³-hybridized carbons (Fsp3) is 0.750. The molecule has 0 aromatic carbocycles. The molecule has 0 spiro atoms. The first kappa shape index (κ1) is 28.7. The summed E-state index contributed by atoms with van der Waals surface area (Å²) in [5.74, 6) is -0.0890. The summed E-state index contributed by atoms with van der Waals surface area (Å²) >= 11 is 0. The maximum absolute atomic E-state index is 13.4. The van der Waals surface area contributed by atoms with Gasteiger partial charge in [-0.1, -0.05) is 13.3 Å². The number of amides is 2. The fourth-order valence-electron chi connectivity index (χ4n) is 4.01. The second kappa shape index (κ2) is 11.7. The van der Waals surface area contributed by atoms with Crippen LogP contribution in [0, 0.1) is 0 Å². The Balaban J connectivity index is 1.47. The van der Waals surface area contributed by atoms with Crippen LogP contribution in [0.5, 0.6) is 0 Å². The number of rotatable bonds is 8. The molecule has 13 heteroatoms. The molecule has 1 aromatic heterocycles. The number of piperazine rings is 1. The van der Waals surface area contributed by atoms with Crippen LogP contribution in [-0.4, -0.2) is 95.4 Å². The van der Waals surface area contributed by atoms with Gasteiger partial charge in [0.25, 0.3) is 0 Å². The topological polar surface area (TPSA) is 100 Å². The van der Waals surface area contributed by atoms with Gasteiger partial charge in [0.15, 0.2) is 5.69 Å². The van der Waals surface area contributed by atoms with Crippen molar-refractivity contribution in [3.05, 3.63) is 11.8 Å². The van der Waals surface area contributed by atoms with Crippen LogP contribution in [0.15, 0.2) is 6.07 Å². The predicted molar refractivity (Wildman–Crippen MR) is 131 cm³/mol. The quantitative estimate of drug-likeness (QED) is 0.546. The standard InChI is InChI=1S/C24H37F3N6O4/c1-6-7-16(2)28-21-29-18(24(25,26)27)12-19(30-21)33-13-17(14-33)36-15-20(34)31-8-10-32(11-9-31)22(35)37-23(3,4)5/h12,16-17H,6-11,13-15H2,1-5H3,(H,28,29,30)/t16-/m0/s1. The molecular weight excluding hydrogens is 493 g/mol.